The third-order valence-corrected chi connectivity index (χ3v) is 4.45. The van der Waals surface area contributed by atoms with Crippen LogP contribution in [0.25, 0.3) is 0 Å². The van der Waals surface area contributed by atoms with Crippen molar-refractivity contribution in [2.45, 2.75) is 31.5 Å². The lowest BCUT2D eigenvalue weighted by molar-refractivity contribution is -0.126. The lowest BCUT2D eigenvalue weighted by atomic mass is 9.98. The number of pyridine rings is 1. The molecule has 1 fully saturated rings. The van der Waals surface area contributed by atoms with E-state index in [9.17, 15) is 9.59 Å². The van der Waals surface area contributed by atoms with Crippen LogP contribution in [0.3, 0.4) is 0 Å². The molecule has 0 aliphatic carbocycles. The lowest BCUT2D eigenvalue weighted by Crippen LogP contribution is -2.43. The van der Waals surface area contributed by atoms with Gasteiger partial charge in [0, 0.05) is 25.4 Å². The van der Waals surface area contributed by atoms with E-state index in [2.05, 4.69) is 32.7 Å². The van der Waals surface area contributed by atoms with Gasteiger partial charge >= 0.3 is 0 Å². The first kappa shape index (κ1) is 18.1. The number of hydrogen-bond acceptors (Lipinski definition) is 4. The number of nitrogens with one attached hydrogen (secondary N) is 2. The largest absolute Gasteiger partial charge is 0.344 e. The van der Waals surface area contributed by atoms with E-state index in [-0.39, 0.29) is 17.9 Å². The van der Waals surface area contributed by atoms with E-state index in [1.807, 2.05) is 38.4 Å². The van der Waals surface area contributed by atoms with Crippen LogP contribution in [0, 0.1) is 0 Å². The first-order chi connectivity index (χ1) is 12.5. The van der Waals surface area contributed by atoms with Gasteiger partial charge in [0.1, 0.15) is 6.04 Å². The van der Waals surface area contributed by atoms with Gasteiger partial charge in [-0.25, -0.2) is 0 Å². The molecule has 1 aliphatic heterocycles. The predicted octanol–water partition coefficient (Wildman–Crippen LogP) is 1.63. The van der Waals surface area contributed by atoms with Crippen LogP contribution in [0.15, 0.2) is 48.8 Å². The summed E-state index contributed by atoms with van der Waals surface area (Å²) in [6, 6.07) is 11.3. The third-order valence-electron chi connectivity index (χ3n) is 4.45. The number of nitrogens with zero attached hydrogens (tertiary/aromatic N) is 2. The van der Waals surface area contributed by atoms with Crippen molar-refractivity contribution in [1.82, 2.24) is 20.5 Å². The number of aromatic nitrogens is 1. The highest BCUT2D eigenvalue weighted by atomic mass is 16.2. The highest BCUT2D eigenvalue weighted by Gasteiger charge is 2.29. The number of rotatable bonds is 6. The quantitative estimate of drug-likeness (QED) is 0.829. The van der Waals surface area contributed by atoms with E-state index >= 15 is 0 Å². The van der Waals surface area contributed by atoms with E-state index in [1.165, 1.54) is 5.56 Å². The molecule has 26 heavy (non-hydrogen) atoms. The molecule has 1 saturated heterocycles. The Morgan fingerprint density at radius 2 is 1.85 bits per heavy atom. The second-order valence-corrected chi connectivity index (χ2v) is 6.86. The fraction of sp³-hybridized carbons (Fsp3) is 0.350. The van der Waals surface area contributed by atoms with Crippen molar-refractivity contribution in [2.75, 3.05) is 14.1 Å². The summed E-state index contributed by atoms with van der Waals surface area (Å²) in [5, 5.41) is 5.80. The topological polar surface area (TPSA) is 74.3 Å². The minimum Gasteiger partial charge on any atom is -0.344 e. The van der Waals surface area contributed by atoms with Crippen LogP contribution in [0.5, 0.6) is 0 Å². The molecule has 2 heterocycles. The van der Waals surface area contributed by atoms with Crippen molar-refractivity contribution in [3.63, 3.8) is 0 Å². The highest BCUT2D eigenvalue weighted by molar-refractivity contribution is 5.91. The smallest absolute Gasteiger partial charge is 0.243 e. The summed E-state index contributed by atoms with van der Waals surface area (Å²) in [6.45, 7) is 0.862. The Hall–Kier alpha value is -2.73. The fourth-order valence-corrected chi connectivity index (χ4v) is 3.15. The number of hydrogen-bond donors (Lipinski definition) is 2. The lowest BCUT2D eigenvalue weighted by Gasteiger charge is -2.22. The summed E-state index contributed by atoms with van der Waals surface area (Å²) >= 11 is 0. The van der Waals surface area contributed by atoms with Gasteiger partial charge in [0.05, 0.1) is 6.04 Å². The first-order valence-corrected chi connectivity index (χ1v) is 8.76. The van der Waals surface area contributed by atoms with Gasteiger partial charge in [-0.15, -0.1) is 0 Å². The average Bonchev–Trinajstić information content (AvgIpc) is 3.07. The Kier molecular flexibility index (Phi) is 5.63. The van der Waals surface area contributed by atoms with Gasteiger partial charge in [-0.05, 0) is 49.3 Å². The Balaban J connectivity index is 1.82. The molecule has 0 spiro atoms. The molecule has 6 heteroatoms. The van der Waals surface area contributed by atoms with Crippen LogP contribution in [0.4, 0.5) is 0 Å². The fourth-order valence-electron chi connectivity index (χ4n) is 3.15. The second-order valence-electron chi connectivity index (χ2n) is 6.86. The van der Waals surface area contributed by atoms with Gasteiger partial charge in [0.15, 0.2) is 0 Å². The van der Waals surface area contributed by atoms with Gasteiger partial charge in [0.2, 0.25) is 11.8 Å². The zero-order valence-electron chi connectivity index (χ0n) is 15.1. The zero-order valence-corrected chi connectivity index (χ0v) is 15.1. The monoisotopic (exact) mass is 352 g/mol. The average molecular weight is 352 g/mol. The molecular formula is C20H24N4O2. The standard InChI is InChI=1S/C20H24N4O2/c1-24(2)13-14-3-5-15(6-4-14)19(16-9-11-21-12-10-16)23-20(26)17-7-8-18(25)22-17/h3-6,9-12,17,19H,7-8,13H2,1-2H3,(H,22,25)(H,23,26). The summed E-state index contributed by atoms with van der Waals surface area (Å²) in [5.74, 6) is -0.228. The molecule has 2 N–H and O–H groups in total. The zero-order chi connectivity index (χ0) is 18.5. The van der Waals surface area contributed by atoms with Crippen LogP contribution in [-0.2, 0) is 16.1 Å². The Labute approximate surface area is 153 Å². The molecule has 3 rings (SSSR count). The van der Waals surface area contributed by atoms with Crippen LogP contribution in [-0.4, -0.2) is 41.8 Å². The molecule has 2 amide bonds. The molecule has 6 nitrogen and oxygen atoms in total. The van der Waals surface area contributed by atoms with E-state index < -0.39 is 6.04 Å². The minimum atomic E-state index is -0.458. The van der Waals surface area contributed by atoms with Crippen molar-refractivity contribution < 1.29 is 9.59 Å². The van der Waals surface area contributed by atoms with Crippen molar-refractivity contribution in [3.8, 4) is 0 Å². The summed E-state index contributed by atoms with van der Waals surface area (Å²) in [4.78, 5) is 30.2. The highest BCUT2D eigenvalue weighted by Crippen LogP contribution is 2.23. The van der Waals surface area contributed by atoms with Crippen LogP contribution in [0.2, 0.25) is 0 Å². The Morgan fingerprint density at radius 1 is 1.19 bits per heavy atom. The molecule has 2 aromatic rings. The maximum Gasteiger partial charge on any atom is 0.243 e. The molecule has 1 aliphatic rings. The number of carbonyl (C=O) groups excluding carboxylic acids is 2. The van der Waals surface area contributed by atoms with Crippen LogP contribution in [0.1, 0.15) is 35.6 Å². The molecule has 2 atom stereocenters. The second kappa shape index (κ2) is 8.10. The normalized spacial score (nSPS) is 17.8. The summed E-state index contributed by atoms with van der Waals surface area (Å²) < 4.78 is 0. The van der Waals surface area contributed by atoms with Crippen molar-refractivity contribution in [1.29, 1.82) is 0 Å². The van der Waals surface area contributed by atoms with E-state index in [1.54, 1.807) is 12.4 Å². The number of carbonyl (C=O) groups is 2. The van der Waals surface area contributed by atoms with Crippen molar-refractivity contribution >= 4 is 11.8 Å². The maximum absolute atomic E-state index is 12.6. The van der Waals surface area contributed by atoms with Crippen LogP contribution < -0.4 is 10.6 Å². The first-order valence-electron chi connectivity index (χ1n) is 8.76. The van der Waals surface area contributed by atoms with Crippen LogP contribution >= 0.6 is 0 Å². The molecule has 0 radical (unpaired) electrons. The van der Waals surface area contributed by atoms with Gasteiger partial charge in [-0.2, -0.15) is 0 Å². The minimum absolute atomic E-state index is 0.0707. The predicted molar refractivity (Wildman–Crippen MR) is 99.2 cm³/mol. The van der Waals surface area contributed by atoms with Gasteiger partial charge in [0.25, 0.3) is 0 Å². The molecule has 136 valence electrons. The van der Waals surface area contributed by atoms with Gasteiger partial charge in [-0.3, -0.25) is 14.6 Å². The number of amides is 2. The van der Waals surface area contributed by atoms with Gasteiger partial charge in [-0.1, -0.05) is 24.3 Å². The summed E-state index contributed by atoms with van der Waals surface area (Å²) in [5.41, 5.74) is 3.16. The van der Waals surface area contributed by atoms with Gasteiger partial charge < -0.3 is 15.5 Å². The molecular weight excluding hydrogens is 328 g/mol. The molecule has 0 bridgehead atoms. The summed E-state index contributed by atoms with van der Waals surface area (Å²) in [7, 11) is 4.06. The molecule has 1 aromatic carbocycles. The molecule has 2 unspecified atom stereocenters. The van der Waals surface area contributed by atoms with Crippen molar-refractivity contribution in [3.05, 3.63) is 65.5 Å². The van der Waals surface area contributed by atoms with E-state index in [0.29, 0.717) is 12.8 Å². The molecule has 1 aromatic heterocycles. The Morgan fingerprint density at radius 3 is 2.42 bits per heavy atom. The summed E-state index contributed by atoms with van der Waals surface area (Å²) in [6.07, 6.45) is 4.37. The Bertz CT molecular complexity index is 759. The van der Waals surface area contributed by atoms with E-state index in [4.69, 9.17) is 0 Å². The SMILES string of the molecule is CN(C)Cc1ccc(C(NC(=O)C2CCC(=O)N2)c2ccncc2)cc1. The number of benzene rings is 1. The maximum atomic E-state index is 12.6. The van der Waals surface area contributed by atoms with Crippen molar-refractivity contribution in [2.24, 2.45) is 0 Å². The molecule has 0 saturated carbocycles. The third kappa shape index (κ3) is 4.46. The van der Waals surface area contributed by atoms with E-state index in [0.717, 1.165) is 17.7 Å².